The lowest BCUT2D eigenvalue weighted by Gasteiger charge is -2.13. The number of ether oxygens (including phenoxy) is 1. The molecule has 1 amide bonds. The molecule has 19 heavy (non-hydrogen) atoms. The van der Waals surface area contributed by atoms with Crippen LogP contribution in [0.2, 0.25) is 0 Å². The van der Waals surface area contributed by atoms with E-state index in [0.29, 0.717) is 16.6 Å². The molecular weight excluding hydrogens is 314 g/mol. The van der Waals surface area contributed by atoms with Crippen LogP contribution in [0, 0.1) is 0 Å². The van der Waals surface area contributed by atoms with Gasteiger partial charge in [0.15, 0.2) is 0 Å². The van der Waals surface area contributed by atoms with Gasteiger partial charge in [0.05, 0.1) is 17.4 Å². The van der Waals surface area contributed by atoms with Crippen LogP contribution in [-0.2, 0) is 9.53 Å². The van der Waals surface area contributed by atoms with Crippen molar-refractivity contribution in [3.05, 3.63) is 28.2 Å². The summed E-state index contributed by atoms with van der Waals surface area (Å²) in [4.78, 5) is 22.9. The molecule has 2 atom stereocenters. The summed E-state index contributed by atoms with van der Waals surface area (Å²) in [6, 6.07) is 4.48. The molecule has 0 saturated carbocycles. The fourth-order valence-electron chi connectivity index (χ4n) is 1.96. The van der Waals surface area contributed by atoms with E-state index < -0.39 is 12.1 Å². The lowest BCUT2D eigenvalue weighted by Crippen LogP contribution is -2.27. The number of hydrogen-bond donors (Lipinski definition) is 2. The van der Waals surface area contributed by atoms with E-state index in [0.717, 1.165) is 6.42 Å². The van der Waals surface area contributed by atoms with Gasteiger partial charge in [-0.3, -0.25) is 4.79 Å². The maximum Gasteiger partial charge on any atom is 0.335 e. The number of carboxylic acid groups (broad SMARTS) is 1. The predicted molar refractivity (Wildman–Crippen MR) is 73.3 cm³/mol. The highest BCUT2D eigenvalue weighted by Crippen LogP contribution is 2.26. The molecule has 2 rings (SSSR count). The zero-order valence-electron chi connectivity index (χ0n) is 10.4. The van der Waals surface area contributed by atoms with E-state index in [4.69, 9.17) is 9.84 Å². The standard InChI is InChI=1S/C13H14BrNO4/c1-7-2-5-11(19-7)12(16)15-10-6-8(13(17)18)3-4-9(10)14/h3-4,6-7,11H,2,5H2,1H3,(H,15,16)(H,17,18). The fourth-order valence-corrected chi connectivity index (χ4v) is 2.31. The van der Waals surface area contributed by atoms with Gasteiger partial charge in [0.1, 0.15) is 6.10 Å². The Hall–Kier alpha value is -1.40. The van der Waals surface area contributed by atoms with Crippen molar-refractivity contribution in [1.82, 2.24) is 0 Å². The number of amides is 1. The highest BCUT2D eigenvalue weighted by Gasteiger charge is 2.28. The maximum atomic E-state index is 12.0. The summed E-state index contributed by atoms with van der Waals surface area (Å²) in [6.45, 7) is 1.92. The normalized spacial score (nSPS) is 22.2. The number of carbonyl (C=O) groups excluding carboxylic acids is 1. The molecule has 1 aromatic carbocycles. The number of carboxylic acids is 1. The molecule has 1 aromatic rings. The highest BCUT2D eigenvalue weighted by atomic mass is 79.9. The van der Waals surface area contributed by atoms with Crippen LogP contribution in [0.5, 0.6) is 0 Å². The smallest absolute Gasteiger partial charge is 0.335 e. The van der Waals surface area contributed by atoms with E-state index in [1.807, 2.05) is 6.92 Å². The van der Waals surface area contributed by atoms with Crippen molar-refractivity contribution >= 4 is 33.5 Å². The first-order valence-electron chi connectivity index (χ1n) is 5.96. The molecule has 1 aliphatic heterocycles. The van der Waals surface area contributed by atoms with Crippen LogP contribution in [-0.4, -0.2) is 29.2 Å². The Morgan fingerprint density at radius 1 is 1.42 bits per heavy atom. The summed E-state index contributed by atoms with van der Waals surface area (Å²) in [5, 5.41) is 11.6. The van der Waals surface area contributed by atoms with Gasteiger partial charge in [-0.15, -0.1) is 0 Å². The van der Waals surface area contributed by atoms with Crippen molar-refractivity contribution in [3.63, 3.8) is 0 Å². The Kier molecular flexibility index (Phi) is 4.21. The summed E-state index contributed by atoms with van der Waals surface area (Å²) in [5.74, 6) is -1.28. The number of benzene rings is 1. The van der Waals surface area contributed by atoms with E-state index in [2.05, 4.69) is 21.2 Å². The van der Waals surface area contributed by atoms with Crippen LogP contribution >= 0.6 is 15.9 Å². The van der Waals surface area contributed by atoms with E-state index in [-0.39, 0.29) is 17.6 Å². The van der Waals surface area contributed by atoms with Crippen molar-refractivity contribution in [2.24, 2.45) is 0 Å². The molecule has 5 nitrogen and oxygen atoms in total. The molecule has 1 heterocycles. The Morgan fingerprint density at radius 2 is 2.16 bits per heavy atom. The van der Waals surface area contributed by atoms with Gasteiger partial charge in [-0.1, -0.05) is 0 Å². The molecule has 0 aromatic heterocycles. The molecule has 2 N–H and O–H groups in total. The number of rotatable bonds is 3. The number of aromatic carboxylic acids is 1. The average molecular weight is 328 g/mol. The minimum atomic E-state index is -1.03. The molecule has 0 aliphatic carbocycles. The first-order valence-corrected chi connectivity index (χ1v) is 6.76. The van der Waals surface area contributed by atoms with Crippen LogP contribution in [0.15, 0.2) is 22.7 Å². The summed E-state index contributed by atoms with van der Waals surface area (Å²) >= 11 is 3.28. The summed E-state index contributed by atoms with van der Waals surface area (Å²) in [7, 11) is 0. The van der Waals surface area contributed by atoms with Gasteiger partial charge in [0, 0.05) is 4.47 Å². The monoisotopic (exact) mass is 327 g/mol. The zero-order chi connectivity index (χ0) is 14.0. The molecule has 1 aliphatic rings. The van der Waals surface area contributed by atoms with Gasteiger partial charge in [0.2, 0.25) is 0 Å². The second-order valence-electron chi connectivity index (χ2n) is 4.50. The third kappa shape index (κ3) is 3.33. The quantitative estimate of drug-likeness (QED) is 0.894. The minimum Gasteiger partial charge on any atom is -0.478 e. The summed E-state index contributed by atoms with van der Waals surface area (Å²) in [6.07, 6.45) is 1.16. The predicted octanol–water partition coefficient (Wildman–Crippen LogP) is 2.65. The number of hydrogen-bond acceptors (Lipinski definition) is 3. The molecule has 6 heteroatoms. The van der Waals surface area contributed by atoms with Gasteiger partial charge in [-0.25, -0.2) is 4.79 Å². The maximum absolute atomic E-state index is 12.0. The fraction of sp³-hybridized carbons (Fsp3) is 0.385. The minimum absolute atomic E-state index is 0.0875. The third-order valence-electron chi connectivity index (χ3n) is 3.00. The number of carbonyl (C=O) groups is 2. The van der Waals surface area contributed by atoms with Crippen molar-refractivity contribution in [2.45, 2.75) is 32.0 Å². The lowest BCUT2D eigenvalue weighted by molar-refractivity contribution is -0.126. The molecular formula is C13H14BrNO4. The van der Waals surface area contributed by atoms with Crippen LogP contribution < -0.4 is 5.32 Å². The van der Waals surface area contributed by atoms with Gasteiger partial charge in [-0.05, 0) is 53.9 Å². The molecule has 2 unspecified atom stereocenters. The Labute approximate surface area is 119 Å². The van der Waals surface area contributed by atoms with E-state index in [1.54, 1.807) is 6.07 Å². The van der Waals surface area contributed by atoms with Crippen molar-refractivity contribution in [3.8, 4) is 0 Å². The zero-order valence-corrected chi connectivity index (χ0v) is 11.9. The lowest BCUT2D eigenvalue weighted by atomic mass is 10.1. The second-order valence-corrected chi connectivity index (χ2v) is 5.36. The molecule has 1 saturated heterocycles. The van der Waals surface area contributed by atoms with E-state index in [1.165, 1.54) is 12.1 Å². The molecule has 102 valence electrons. The summed E-state index contributed by atoms with van der Waals surface area (Å²) < 4.78 is 6.11. The number of nitrogens with one attached hydrogen (secondary N) is 1. The molecule has 0 bridgehead atoms. The van der Waals surface area contributed by atoms with Crippen molar-refractivity contribution in [1.29, 1.82) is 0 Å². The van der Waals surface area contributed by atoms with Crippen molar-refractivity contribution in [2.75, 3.05) is 5.32 Å². The SMILES string of the molecule is CC1CCC(C(=O)Nc2cc(C(=O)O)ccc2Br)O1. The van der Waals surface area contributed by atoms with Crippen LogP contribution in [0.25, 0.3) is 0 Å². The van der Waals surface area contributed by atoms with Gasteiger partial charge in [0.25, 0.3) is 5.91 Å². The van der Waals surface area contributed by atoms with Gasteiger partial charge in [-0.2, -0.15) is 0 Å². The molecule has 0 spiro atoms. The first kappa shape index (κ1) is 14.0. The van der Waals surface area contributed by atoms with Crippen LogP contribution in [0.4, 0.5) is 5.69 Å². The van der Waals surface area contributed by atoms with E-state index in [9.17, 15) is 9.59 Å². The Morgan fingerprint density at radius 3 is 2.74 bits per heavy atom. The second kappa shape index (κ2) is 5.71. The van der Waals surface area contributed by atoms with Gasteiger partial charge < -0.3 is 15.2 Å². The van der Waals surface area contributed by atoms with E-state index >= 15 is 0 Å². The molecule has 0 radical (unpaired) electrons. The highest BCUT2D eigenvalue weighted by molar-refractivity contribution is 9.10. The Bertz CT molecular complexity index is 517. The average Bonchev–Trinajstić information content (AvgIpc) is 2.78. The van der Waals surface area contributed by atoms with Gasteiger partial charge >= 0.3 is 5.97 Å². The van der Waals surface area contributed by atoms with Crippen molar-refractivity contribution < 1.29 is 19.4 Å². The largest absolute Gasteiger partial charge is 0.478 e. The first-order chi connectivity index (χ1) is 8.97. The van der Waals surface area contributed by atoms with Crippen LogP contribution in [0.1, 0.15) is 30.1 Å². The third-order valence-corrected chi connectivity index (χ3v) is 3.69. The summed E-state index contributed by atoms with van der Waals surface area (Å²) in [5.41, 5.74) is 0.562. The van der Waals surface area contributed by atoms with Crippen LogP contribution in [0.3, 0.4) is 0 Å². The molecule has 1 fully saturated rings. The number of anilines is 1. The number of halogens is 1. The Balaban J connectivity index is 2.12. The topological polar surface area (TPSA) is 75.6 Å².